The van der Waals surface area contributed by atoms with Crippen LogP contribution >= 0.6 is 0 Å². The third-order valence-electron chi connectivity index (χ3n) is 4.88. The average Bonchev–Trinajstić information content (AvgIpc) is 3.08. The normalized spacial score (nSPS) is 16.4. The summed E-state index contributed by atoms with van der Waals surface area (Å²) in [6.45, 7) is 1.89. The summed E-state index contributed by atoms with van der Waals surface area (Å²) < 4.78 is 59.5. The molecule has 1 aliphatic heterocycles. The molecule has 10 heteroatoms. The molecule has 29 heavy (non-hydrogen) atoms. The van der Waals surface area contributed by atoms with Crippen molar-refractivity contribution >= 4 is 28.1 Å². The van der Waals surface area contributed by atoms with E-state index < -0.39 is 21.7 Å². The summed E-state index contributed by atoms with van der Waals surface area (Å²) in [4.78, 5) is 11.7. The van der Waals surface area contributed by atoms with Crippen molar-refractivity contribution in [1.82, 2.24) is 14.8 Å². The van der Waals surface area contributed by atoms with Gasteiger partial charge in [0.15, 0.2) is 10.7 Å². The van der Waals surface area contributed by atoms with E-state index in [1.54, 1.807) is 7.05 Å². The average molecular weight is 425 g/mol. The van der Waals surface area contributed by atoms with Gasteiger partial charge in [0.25, 0.3) is 0 Å². The molecule has 2 aromatic rings. The van der Waals surface area contributed by atoms with E-state index in [1.165, 1.54) is 29.4 Å². The van der Waals surface area contributed by atoms with Crippen LogP contribution in [0.15, 0.2) is 27.6 Å². The van der Waals surface area contributed by atoms with E-state index in [2.05, 4.69) is 10.5 Å². The standard InChI is InChI=1S/C19H21F2N3O4S/c1-12-18(29(26,27)24-9-7-14(8-10-24)19(25)22-2)17(28-23-12)6-4-13-3-5-15(20)11-16(13)21/h3-6,11,14H,7-10H2,1-2H3,(H,22,25). The third-order valence-corrected chi connectivity index (χ3v) is 6.94. The second kappa shape index (κ2) is 8.42. The highest BCUT2D eigenvalue weighted by atomic mass is 32.2. The first-order valence-electron chi connectivity index (χ1n) is 9.05. The number of nitrogens with one attached hydrogen (secondary N) is 1. The van der Waals surface area contributed by atoms with Gasteiger partial charge in [-0.3, -0.25) is 4.79 Å². The molecule has 0 aliphatic carbocycles. The second-order valence-corrected chi connectivity index (χ2v) is 8.63. The number of hydrogen-bond acceptors (Lipinski definition) is 5. The number of nitrogens with zero attached hydrogens (tertiary/aromatic N) is 2. The molecule has 3 rings (SSSR count). The fourth-order valence-corrected chi connectivity index (χ4v) is 5.01. The molecule has 1 fully saturated rings. The molecule has 1 aliphatic rings. The van der Waals surface area contributed by atoms with Gasteiger partial charge in [0.2, 0.25) is 15.9 Å². The van der Waals surface area contributed by atoms with Crippen LogP contribution in [0.5, 0.6) is 0 Å². The molecule has 0 spiro atoms. The summed E-state index contributed by atoms with van der Waals surface area (Å²) in [5.74, 6) is -1.86. The predicted octanol–water partition coefficient (Wildman–Crippen LogP) is 2.58. The zero-order valence-electron chi connectivity index (χ0n) is 16.0. The minimum atomic E-state index is -3.92. The Hall–Kier alpha value is -2.59. The lowest BCUT2D eigenvalue weighted by Crippen LogP contribution is -2.42. The Labute approximate surface area is 167 Å². The first-order valence-corrected chi connectivity index (χ1v) is 10.5. The molecule has 2 heterocycles. The number of amides is 1. The van der Waals surface area contributed by atoms with Crippen LogP contribution in [-0.2, 0) is 14.8 Å². The summed E-state index contributed by atoms with van der Waals surface area (Å²) >= 11 is 0. The number of carbonyl (C=O) groups excluding carboxylic acids is 1. The van der Waals surface area contributed by atoms with Gasteiger partial charge in [-0.1, -0.05) is 5.16 Å². The number of rotatable bonds is 5. The number of aryl methyl sites for hydroxylation is 1. The van der Waals surface area contributed by atoms with Crippen LogP contribution in [0.4, 0.5) is 8.78 Å². The maximum absolute atomic E-state index is 13.8. The molecular formula is C19H21F2N3O4S. The summed E-state index contributed by atoms with van der Waals surface area (Å²) in [6, 6.07) is 3.07. The molecule has 1 aromatic heterocycles. The van der Waals surface area contributed by atoms with Crippen molar-refractivity contribution in [2.75, 3.05) is 20.1 Å². The summed E-state index contributed by atoms with van der Waals surface area (Å²) in [5.41, 5.74) is 0.257. The van der Waals surface area contributed by atoms with E-state index in [0.29, 0.717) is 12.8 Å². The van der Waals surface area contributed by atoms with Gasteiger partial charge >= 0.3 is 0 Å². The number of carbonyl (C=O) groups is 1. The van der Waals surface area contributed by atoms with Crippen LogP contribution in [0, 0.1) is 24.5 Å². The quantitative estimate of drug-likeness (QED) is 0.795. The molecule has 0 atom stereocenters. The highest BCUT2D eigenvalue weighted by molar-refractivity contribution is 7.89. The van der Waals surface area contributed by atoms with Gasteiger partial charge in [-0.05, 0) is 44.1 Å². The fraction of sp³-hybridized carbons (Fsp3) is 0.368. The van der Waals surface area contributed by atoms with Crippen molar-refractivity contribution in [3.63, 3.8) is 0 Å². The minimum absolute atomic E-state index is 0.0420. The Morgan fingerprint density at radius 1 is 1.28 bits per heavy atom. The van der Waals surface area contributed by atoms with Crippen LogP contribution in [-0.4, -0.2) is 43.9 Å². The molecule has 156 valence electrons. The zero-order valence-corrected chi connectivity index (χ0v) is 16.8. The molecular weight excluding hydrogens is 404 g/mol. The van der Waals surface area contributed by atoms with E-state index in [0.717, 1.165) is 12.1 Å². The lowest BCUT2D eigenvalue weighted by molar-refractivity contribution is -0.125. The van der Waals surface area contributed by atoms with E-state index in [-0.39, 0.29) is 46.8 Å². The Bertz CT molecular complexity index is 1040. The van der Waals surface area contributed by atoms with Gasteiger partial charge in [-0.2, -0.15) is 4.31 Å². The maximum Gasteiger partial charge on any atom is 0.248 e. The highest BCUT2D eigenvalue weighted by Gasteiger charge is 2.35. The lowest BCUT2D eigenvalue weighted by atomic mass is 9.97. The molecule has 0 bridgehead atoms. The van der Waals surface area contributed by atoms with Crippen LogP contribution < -0.4 is 5.32 Å². The smallest absolute Gasteiger partial charge is 0.248 e. The Kier molecular flexibility index (Phi) is 6.13. The number of hydrogen-bond donors (Lipinski definition) is 1. The fourth-order valence-electron chi connectivity index (χ4n) is 3.29. The molecule has 0 radical (unpaired) electrons. The first kappa shape index (κ1) is 21.1. The molecule has 0 unspecified atom stereocenters. The number of halogens is 2. The van der Waals surface area contributed by atoms with Crippen molar-refractivity contribution in [3.8, 4) is 0 Å². The summed E-state index contributed by atoms with van der Waals surface area (Å²) in [6.07, 6.45) is 3.41. The van der Waals surface area contributed by atoms with Crippen LogP contribution in [0.1, 0.15) is 29.9 Å². The zero-order chi connectivity index (χ0) is 21.2. The maximum atomic E-state index is 13.8. The van der Waals surface area contributed by atoms with Crippen molar-refractivity contribution in [1.29, 1.82) is 0 Å². The van der Waals surface area contributed by atoms with Crippen LogP contribution in [0.2, 0.25) is 0 Å². The predicted molar refractivity (Wildman–Crippen MR) is 102 cm³/mol. The first-order chi connectivity index (χ1) is 13.7. The van der Waals surface area contributed by atoms with E-state index in [1.807, 2.05) is 0 Å². The van der Waals surface area contributed by atoms with Crippen LogP contribution in [0.25, 0.3) is 12.2 Å². The van der Waals surface area contributed by atoms with E-state index in [9.17, 15) is 22.0 Å². The largest absolute Gasteiger partial charge is 0.359 e. The number of sulfonamides is 1. The summed E-state index contributed by atoms with van der Waals surface area (Å²) in [7, 11) is -2.37. The van der Waals surface area contributed by atoms with Gasteiger partial charge in [0.1, 0.15) is 17.3 Å². The Morgan fingerprint density at radius 2 is 1.97 bits per heavy atom. The van der Waals surface area contributed by atoms with Crippen LogP contribution in [0.3, 0.4) is 0 Å². The molecule has 0 saturated carbocycles. The Morgan fingerprint density at radius 3 is 2.59 bits per heavy atom. The summed E-state index contributed by atoms with van der Waals surface area (Å²) in [5, 5.41) is 6.31. The van der Waals surface area contributed by atoms with Gasteiger partial charge in [0.05, 0.1) is 0 Å². The monoisotopic (exact) mass is 425 g/mol. The molecule has 1 N–H and O–H groups in total. The van der Waals surface area contributed by atoms with Gasteiger partial charge < -0.3 is 9.84 Å². The van der Waals surface area contributed by atoms with Crippen molar-refractivity contribution in [2.24, 2.45) is 5.92 Å². The van der Waals surface area contributed by atoms with Crippen molar-refractivity contribution < 1.29 is 26.5 Å². The van der Waals surface area contributed by atoms with Gasteiger partial charge in [-0.15, -0.1) is 0 Å². The van der Waals surface area contributed by atoms with Gasteiger partial charge in [0, 0.05) is 37.7 Å². The lowest BCUT2D eigenvalue weighted by Gasteiger charge is -2.30. The molecule has 1 saturated heterocycles. The minimum Gasteiger partial charge on any atom is -0.359 e. The Balaban J connectivity index is 1.85. The molecule has 7 nitrogen and oxygen atoms in total. The highest BCUT2D eigenvalue weighted by Crippen LogP contribution is 2.29. The van der Waals surface area contributed by atoms with Crippen molar-refractivity contribution in [3.05, 3.63) is 46.9 Å². The van der Waals surface area contributed by atoms with Gasteiger partial charge in [-0.25, -0.2) is 17.2 Å². The SMILES string of the molecule is CNC(=O)C1CCN(S(=O)(=O)c2c(C)noc2C=Cc2ccc(F)cc2F)CC1. The molecule has 1 aromatic carbocycles. The number of aromatic nitrogens is 1. The van der Waals surface area contributed by atoms with E-state index in [4.69, 9.17) is 4.52 Å². The van der Waals surface area contributed by atoms with E-state index >= 15 is 0 Å². The second-order valence-electron chi connectivity index (χ2n) is 6.75. The topological polar surface area (TPSA) is 92.5 Å². The third kappa shape index (κ3) is 4.38. The number of benzene rings is 1. The van der Waals surface area contributed by atoms with Crippen molar-refractivity contribution in [2.45, 2.75) is 24.7 Å². The molecule has 1 amide bonds. The number of piperidine rings is 1.